The van der Waals surface area contributed by atoms with Crippen LogP contribution in [0.1, 0.15) is 5.56 Å². The lowest BCUT2D eigenvalue weighted by atomic mass is 10.2. The van der Waals surface area contributed by atoms with Crippen LogP contribution in [-0.2, 0) is 20.0 Å². The first kappa shape index (κ1) is 18.0. The van der Waals surface area contributed by atoms with E-state index in [9.17, 15) is 25.6 Å². The molecule has 0 amide bonds. The smallest absolute Gasteiger partial charge is 0.255 e. The second-order valence-electron chi connectivity index (χ2n) is 4.63. The van der Waals surface area contributed by atoms with Gasteiger partial charge in [-0.1, -0.05) is 18.2 Å². The molecule has 0 saturated carbocycles. The lowest BCUT2D eigenvalue weighted by molar-refractivity contribution is 0.578. The summed E-state index contributed by atoms with van der Waals surface area (Å²) in [5, 5.41) is 5.52. The van der Waals surface area contributed by atoms with E-state index in [1.54, 1.807) is 0 Å². The number of benzene rings is 2. The predicted molar refractivity (Wildman–Crippen MR) is 85.7 cm³/mol. The van der Waals surface area contributed by atoms with Crippen molar-refractivity contribution in [2.75, 3.05) is 4.72 Å². The molecule has 10 heteroatoms. The molecule has 0 aliphatic heterocycles. The number of sulfonamides is 2. The number of nitrogens with one attached hydrogen (secondary N) is 1. The van der Waals surface area contributed by atoms with Gasteiger partial charge in [-0.15, -0.1) is 0 Å². The number of primary sulfonamides is 1. The van der Waals surface area contributed by atoms with Gasteiger partial charge in [-0.2, -0.15) is 0 Å². The van der Waals surface area contributed by atoms with Gasteiger partial charge in [0.05, 0.1) is 11.1 Å². The number of hydrogen-bond donors (Lipinski definition) is 2. The van der Waals surface area contributed by atoms with Crippen LogP contribution in [0.3, 0.4) is 0 Å². The minimum atomic E-state index is -4.23. The molecule has 2 aromatic carbocycles. The van der Waals surface area contributed by atoms with Crippen LogP contribution in [0.5, 0.6) is 0 Å². The Morgan fingerprint density at radius 2 is 1.50 bits per heavy atom. The fourth-order valence-corrected chi connectivity index (χ4v) is 3.44. The van der Waals surface area contributed by atoms with E-state index in [0.29, 0.717) is 5.41 Å². The van der Waals surface area contributed by atoms with Crippen molar-refractivity contribution in [3.05, 3.63) is 65.1 Å². The Hall–Kier alpha value is -2.30. The molecule has 0 spiro atoms. The average Bonchev–Trinajstić information content (AvgIpc) is 2.45. The van der Waals surface area contributed by atoms with E-state index >= 15 is 0 Å². The van der Waals surface area contributed by atoms with E-state index < -0.39 is 42.1 Å². The number of nitrogens with two attached hydrogens (primary N) is 1. The number of hydrogen-bond acceptors (Lipinski definition) is 4. The summed E-state index contributed by atoms with van der Waals surface area (Å²) < 4.78 is 75.8. The number of halogens is 2. The Morgan fingerprint density at radius 3 is 2.08 bits per heavy atom. The molecule has 0 aliphatic carbocycles. The van der Waals surface area contributed by atoms with Crippen LogP contribution in [0.25, 0.3) is 6.08 Å². The van der Waals surface area contributed by atoms with Gasteiger partial charge in [0.1, 0.15) is 16.5 Å². The SMILES string of the molecule is NS(=O)(=O)c1ccccc1NS(=O)(=O)/C=C/c1c(F)cccc1F. The molecule has 0 aromatic heterocycles. The van der Waals surface area contributed by atoms with Crippen LogP contribution in [0, 0.1) is 11.6 Å². The Bertz CT molecular complexity index is 983. The highest BCUT2D eigenvalue weighted by molar-refractivity contribution is 7.95. The minimum absolute atomic E-state index is 0.279. The maximum Gasteiger partial charge on any atom is 0.255 e. The third kappa shape index (κ3) is 4.37. The van der Waals surface area contributed by atoms with Gasteiger partial charge in [-0.25, -0.2) is 30.8 Å². The zero-order chi connectivity index (χ0) is 18.0. The summed E-state index contributed by atoms with van der Waals surface area (Å²) in [5.74, 6) is -1.88. The Kier molecular flexibility index (Phi) is 5.02. The summed E-state index contributed by atoms with van der Waals surface area (Å²) >= 11 is 0. The quantitative estimate of drug-likeness (QED) is 0.835. The molecule has 0 atom stereocenters. The van der Waals surface area contributed by atoms with E-state index in [1.165, 1.54) is 18.2 Å². The van der Waals surface area contributed by atoms with E-state index in [0.717, 1.165) is 30.3 Å². The maximum absolute atomic E-state index is 13.5. The van der Waals surface area contributed by atoms with Gasteiger partial charge < -0.3 is 0 Å². The molecule has 0 radical (unpaired) electrons. The molecule has 24 heavy (non-hydrogen) atoms. The molecule has 0 aliphatic rings. The summed E-state index contributed by atoms with van der Waals surface area (Å²) in [6.07, 6.45) is 0.729. The number of rotatable bonds is 5. The molecule has 3 N–H and O–H groups in total. The molecule has 2 rings (SSSR count). The van der Waals surface area contributed by atoms with Crippen LogP contribution in [0.4, 0.5) is 14.5 Å². The first-order valence-corrected chi connectivity index (χ1v) is 9.46. The summed E-state index contributed by atoms with van der Waals surface area (Å²) in [7, 11) is -8.39. The molecular formula is C14H12F2N2O4S2. The highest BCUT2D eigenvalue weighted by atomic mass is 32.2. The van der Waals surface area contributed by atoms with E-state index in [4.69, 9.17) is 5.14 Å². The Labute approximate surface area is 137 Å². The number of anilines is 1. The largest absolute Gasteiger partial charge is 0.279 e. The van der Waals surface area contributed by atoms with Crippen LogP contribution >= 0.6 is 0 Å². The van der Waals surface area contributed by atoms with Crippen molar-refractivity contribution in [1.82, 2.24) is 0 Å². The van der Waals surface area contributed by atoms with Gasteiger partial charge in [0.15, 0.2) is 0 Å². The average molecular weight is 374 g/mol. The summed E-state index contributed by atoms with van der Waals surface area (Å²) in [4.78, 5) is -0.431. The van der Waals surface area contributed by atoms with Crippen molar-refractivity contribution >= 4 is 31.8 Å². The van der Waals surface area contributed by atoms with Crippen LogP contribution in [0.2, 0.25) is 0 Å². The molecule has 2 aromatic rings. The first-order chi connectivity index (χ1) is 11.1. The summed E-state index contributed by atoms with van der Waals surface area (Å²) in [6, 6.07) is 8.15. The van der Waals surface area contributed by atoms with Crippen LogP contribution < -0.4 is 9.86 Å². The standard InChI is InChI=1S/C14H12F2N2O4S2/c15-11-4-3-5-12(16)10(11)8-9-23(19,20)18-13-6-1-2-7-14(13)24(17,21)22/h1-9,18H,(H2,17,21,22)/b9-8+. The van der Waals surface area contributed by atoms with E-state index in [1.807, 2.05) is 4.72 Å². The van der Waals surface area contributed by atoms with Crippen molar-refractivity contribution in [3.63, 3.8) is 0 Å². The second kappa shape index (κ2) is 6.67. The van der Waals surface area contributed by atoms with Crippen molar-refractivity contribution in [3.8, 4) is 0 Å². The monoisotopic (exact) mass is 374 g/mol. The molecule has 128 valence electrons. The lowest BCUT2D eigenvalue weighted by Gasteiger charge is -2.09. The van der Waals surface area contributed by atoms with Gasteiger partial charge in [0.25, 0.3) is 10.0 Å². The third-order valence-electron chi connectivity index (χ3n) is 2.86. The second-order valence-corrected chi connectivity index (χ2v) is 7.72. The molecule has 0 saturated heterocycles. The highest BCUT2D eigenvalue weighted by Gasteiger charge is 2.17. The maximum atomic E-state index is 13.5. The molecule has 0 heterocycles. The predicted octanol–water partition coefficient (Wildman–Crippen LogP) is 2.02. The van der Waals surface area contributed by atoms with Crippen molar-refractivity contribution in [1.29, 1.82) is 0 Å². The Balaban J connectivity index is 2.36. The first-order valence-electron chi connectivity index (χ1n) is 6.37. The van der Waals surface area contributed by atoms with E-state index in [2.05, 4.69) is 0 Å². The Morgan fingerprint density at radius 1 is 0.917 bits per heavy atom. The highest BCUT2D eigenvalue weighted by Crippen LogP contribution is 2.21. The van der Waals surface area contributed by atoms with Gasteiger partial charge in [0.2, 0.25) is 10.0 Å². The van der Waals surface area contributed by atoms with Crippen molar-refractivity contribution in [2.45, 2.75) is 4.90 Å². The van der Waals surface area contributed by atoms with Crippen molar-refractivity contribution in [2.24, 2.45) is 5.14 Å². The van der Waals surface area contributed by atoms with Crippen molar-refractivity contribution < 1.29 is 25.6 Å². The van der Waals surface area contributed by atoms with Gasteiger partial charge >= 0.3 is 0 Å². The molecule has 0 unspecified atom stereocenters. The zero-order valence-electron chi connectivity index (χ0n) is 12.0. The number of para-hydroxylation sites is 1. The summed E-state index contributed by atoms with van der Waals surface area (Å²) in [6.45, 7) is 0. The molecule has 0 bridgehead atoms. The van der Waals surface area contributed by atoms with Gasteiger partial charge in [-0.05, 0) is 30.3 Å². The third-order valence-corrected chi connectivity index (χ3v) is 4.83. The van der Waals surface area contributed by atoms with Crippen LogP contribution in [0.15, 0.2) is 52.8 Å². The van der Waals surface area contributed by atoms with E-state index in [-0.39, 0.29) is 5.69 Å². The fraction of sp³-hybridized carbons (Fsp3) is 0. The van der Waals surface area contributed by atoms with Crippen LogP contribution in [-0.4, -0.2) is 16.8 Å². The molecule has 6 nitrogen and oxygen atoms in total. The zero-order valence-corrected chi connectivity index (χ0v) is 13.6. The fourth-order valence-electron chi connectivity index (χ4n) is 1.81. The minimum Gasteiger partial charge on any atom is -0.279 e. The normalized spacial score (nSPS) is 12.5. The lowest BCUT2D eigenvalue weighted by Crippen LogP contribution is -2.17. The summed E-state index contributed by atoms with van der Waals surface area (Å²) in [5.41, 5.74) is -0.818. The van der Waals surface area contributed by atoms with Gasteiger partial charge in [-0.3, -0.25) is 4.72 Å². The molecular weight excluding hydrogens is 362 g/mol. The van der Waals surface area contributed by atoms with Gasteiger partial charge in [0, 0.05) is 5.56 Å². The topological polar surface area (TPSA) is 106 Å². The molecule has 0 fully saturated rings.